The highest BCUT2D eigenvalue weighted by molar-refractivity contribution is 5.76. The number of esters is 1. The second-order valence-corrected chi connectivity index (χ2v) is 19.7. The fourth-order valence-corrected chi connectivity index (χ4v) is 12.1. The minimum atomic E-state index is -0.736. The number of carbonyl (C=O) groups excluding carboxylic acids is 2. The molecule has 336 valence electrons. The van der Waals surface area contributed by atoms with E-state index in [-0.39, 0.29) is 28.6 Å². The molecule has 11 heteroatoms. The van der Waals surface area contributed by atoms with Crippen molar-refractivity contribution >= 4 is 24.0 Å². The van der Waals surface area contributed by atoms with Gasteiger partial charge in [-0.1, -0.05) is 64.5 Å². The second-order valence-electron chi connectivity index (χ2n) is 19.7. The molecular weight excluding hydrogens is 771 g/mol. The Morgan fingerprint density at radius 2 is 1.05 bits per heavy atom. The molecule has 2 aromatic carbocycles. The number of hydrogen-bond acceptors (Lipinski definition) is 8. The fourth-order valence-electron chi connectivity index (χ4n) is 12.1. The lowest BCUT2D eigenvalue weighted by molar-refractivity contribution is -0.158. The lowest BCUT2D eigenvalue weighted by Gasteiger charge is -2.53. The summed E-state index contributed by atoms with van der Waals surface area (Å²) < 4.78 is 11.4. The summed E-state index contributed by atoms with van der Waals surface area (Å²) in [7, 11) is 0. The summed E-state index contributed by atoms with van der Waals surface area (Å²) in [5.41, 5.74) is 2.84. The van der Waals surface area contributed by atoms with Crippen LogP contribution in [0.15, 0.2) is 36.4 Å². The lowest BCUT2D eigenvalue weighted by atomic mass is 9.50. The van der Waals surface area contributed by atoms with Crippen LogP contribution in [0.5, 0.6) is 11.5 Å². The van der Waals surface area contributed by atoms with Crippen molar-refractivity contribution in [2.45, 2.75) is 161 Å². The molecule has 6 rings (SSSR count). The summed E-state index contributed by atoms with van der Waals surface area (Å²) >= 11 is 0. The summed E-state index contributed by atoms with van der Waals surface area (Å²) in [5, 5.41) is 30.0. The van der Waals surface area contributed by atoms with E-state index in [0.717, 1.165) is 114 Å². The van der Waals surface area contributed by atoms with E-state index in [1.54, 1.807) is 0 Å². The maximum absolute atomic E-state index is 12.7. The first-order valence-corrected chi connectivity index (χ1v) is 23.5. The van der Waals surface area contributed by atoms with Gasteiger partial charge < -0.3 is 35.6 Å². The molecule has 4 aliphatic carbocycles. The highest BCUT2D eigenvalue weighted by Crippen LogP contribution is 2.59. The largest absolute Gasteiger partial charge is 0.481 e. The van der Waals surface area contributed by atoms with Gasteiger partial charge in [-0.15, -0.1) is 0 Å². The van der Waals surface area contributed by atoms with Gasteiger partial charge in [0.25, 0.3) is 0 Å². The van der Waals surface area contributed by atoms with Crippen LogP contribution in [0.25, 0.3) is 0 Å². The van der Waals surface area contributed by atoms with E-state index in [2.05, 4.69) is 35.9 Å². The Morgan fingerprint density at radius 3 is 1.56 bits per heavy atom. The second kappa shape index (κ2) is 20.5. The number of carbonyl (C=O) groups is 4. The maximum atomic E-state index is 12.7. The van der Waals surface area contributed by atoms with Crippen molar-refractivity contribution in [3.63, 3.8) is 0 Å². The normalized spacial score (nSPS) is 27.7. The third kappa shape index (κ3) is 10.6. The molecule has 61 heavy (non-hydrogen) atoms. The Labute approximate surface area is 363 Å². The molecule has 0 spiro atoms. The first-order chi connectivity index (χ1) is 29.2. The number of aliphatic carboxylic acids is 2. The number of nitrogens with one attached hydrogen (secondary N) is 3. The SMILES string of the molecule is C[C@]1(C(=O)O)CCC[C@]2(C)c3cc(OC(=O)CCCNCCCCCCCCNCCCNC(=O)Oc4ccc5c(c4)[C@@]4(C)CCC[C@](C)(C(=O)O)[C@@H]4CC5)ccc3CC[C@@H]12. The number of hydrogen-bond donors (Lipinski definition) is 5. The van der Waals surface area contributed by atoms with Gasteiger partial charge in [-0.25, -0.2) is 4.79 Å². The summed E-state index contributed by atoms with van der Waals surface area (Å²) in [6.07, 6.45) is 17.0. The van der Waals surface area contributed by atoms with E-state index in [1.807, 2.05) is 44.2 Å². The molecule has 0 saturated heterocycles. The van der Waals surface area contributed by atoms with Crippen LogP contribution >= 0.6 is 0 Å². The van der Waals surface area contributed by atoms with Crippen molar-refractivity contribution in [2.24, 2.45) is 22.7 Å². The Balaban J connectivity index is 0.751. The molecule has 11 nitrogen and oxygen atoms in total. The van der Waals surface area contributed by atoms with Crippen molar-refractivity contribution < 1.29 is 38.9 Å². The van der Waals surface area contributed by atoms with Crippen molar-refractivity contribution in [3.8, 4) is 11.5 Å². The molecule has 0 aliphatic heterocycles. The van der Waals surface area contributed by atoms with Gasteiger partial charge in [-0.2, -0.15) is 0 Å². The predicted molar refractivity (Wildman–Crippen MR) is 237 cm³/mol. The quantitative estimate of drug-likeness (QED) is 0.0465. The zero-order chi connectivity index (χ0) is 43.7. The first-order valence-electron chi connectivity index (χ1n) is 23.5. The van der Waals surface area contributed by atoms with E-state index >= 15 is 0 Å². The molecule has 2 fully saturated rings. The number of amides is 1. The standard InChI is InChI=1S/C50H73N3O8/c1-47-24-12-26-49(3,44(55)56)41(47)22-18-35-16-20-37(33-39(35)47)60-43(54)15-11-30-51-28-9-7-5-6-8-10-29-52-31-14-32-53-46(59)61-38-21-17-36-19-23-42-48(2,40(36)34-38)25-13-27-50(42,4)45(57)58/h16-17,20-21,33-34,41-42,51-52H,5-15,18-19,22-32H2,1-4H3,(H,53,59)(H,55,56)(H,57,58)/t41-,42-,47-,48-,49+,50+/m1/s1. The van der Waals surface area contributed by atoms with E-state index in [0.29, 0.717) is 37.3 Å². The van der Waals surface area contributed by atoms with E-state index in [4.69, 9.17) is 9.47 Å². The molecule has 0 aromatic heterocycles. The number of benzene rings is 2. The average molecular weight is 844 g/mol. The van der Waals surface area contributed by atoms with Crippen LogP contribution in [0.4, 0.5) is 4.79 Å². The van der Waals surface area contributed by atoms with Crippen molar-refractivity contribution in [2.75, 3.05) is 32.7 Å². The van der Waals surface area contributed by atoms with Crippen LogP contribution in [0.3, 0.4) is 0 Å². The van der Waals surface area contributed by atoms with Gasteiger partial charge in [0.15, 0.2) is 0 Å². The predicted octanol–water partition coefficient (Wildman–Crippen LogP) is 9.26. The molecule has 2 aromatic rings. The highest BCUT2D eigenvalue weighted by atomic mass is 16.6. The molecule has 0 unspecified atom stereocenters. The number of fused-ring (bicyclic) bond motifs is 6. The Hall–Kier alpha value is -3.96. The molecule has 5 N–H and O–H groups in total. The monoisotopic (exact) mass is 844 g/mol. The van der Waals surface area contributed by atoms with Crippen LogP contribution in [0, 0.1) is 22.7 Å². The first kappa shape index (κ1) is 46.5. The molecule has 1 amide bonds. The maximum Gasteiger partial charge on any atom is 0.412 e. The van der Waals surface area contributed by atoms with Gasteiger partial charge >= 0.3 is 24.0 Å². The zero-order valence-corrected chi connectivity index (χ0v) is 37.4. The number of unbranched alkanes of at least 4 members (excludes halogenated alkanes) is 5. The van der Waals surface area contributed by atoms with Gasteiger partial charge in [-0.05, 0) is 186 Å². The topological polar surface area (TPSA) is 163 Å². The lowest BCUT2D eigenvalue weighted by Crippen LogP contribution is -2.52. The van der Waals surface area contributed by atoms with Crippen LogP contribution in [-0.4, -0.2) is 66.9 Å². The third-order valence-electron chi connectivity index (χ3n) is 15.6. The van der Waals surface area contributed by atoms with Gasteiger partial charge in [-0.3, -0.25) is 14.4 Å². The number of rotatable bonds is 21. The van der Waals surface area contributed by atoms with Crippen LogP contribution in [0.1, 0.15) is 159 Å². The Kier molecular flexibility index (Phi) is 15.6. The van der Waals surface area contributed by atoms with Gasteiger partial charge in [0, 0.05) is 13.0 Å². The average Bonchev–Trinajstić information content (AvgIpc) is 3.22. The number of carboxylic acids is 2. The highest BCUT2D eigenvalue weighted by Gasteiger charge is 2.56. The summed E-state index contributed by atoms with van der Waals surface area (Å²) in [4.78, 5) is 49.9. The van der Waals surface area contributed by atoms with Gasteiger partial charge in [0.1, 0.15) is 11.5 Å². The molecule has 0 radical (unpaired) electrons. The van der Waals surface area contributed by atoms with Gasteiger partial charge in [0.05, 0.1) is 10.8 Å². The van der Waals surface area contributed by atoms with E-state index in [1.165, 1.54) is 36.8 Å². The van der Waals surface area contributed by atoms with Crippen LogP contribution in [0.2, 0.25) is 0 Å². The van der Waals surface area contributed by atoms with E-state index < -0.39 is 28.9 Å². The summed E-state index contributed by atoms with van der Waals surface area (Å²) in [6, 6.07) is 11.8. The van der Waals surface area contributed by atoms with Crippen molar-refractivity contribution in [1.29, 1.82) is 0 Å². The number of aryl methyl sites for hydroxylation is 2. The third-order valence-corrected chi connectivity index (χ3v) is 15.6. The number of ether oxygens (including phenoxy) is 2. The summed E-state index contributed by atoms with van der Waals surface area (Å²) in [6.45, 7) is 12.3. The molecule has 6 atom stereocenters. The van der Waals surface area contributed by atoms with Crippen molar-refractivity contribution in [3.05, 3.63) is 58.7 Å². The number of carboxylic acid groups (broad SMARTS) is 2. The zero-order valence-electron chi connectivity index (χ0n) is 37.4. The minimum Gasteiger partial charge on any atom is -0.481 e. The molecule has 4 aliphatic rings. The van der Waals surface area contributed by atoms with Crippen LogP contribution < -0.4 is 25.4 Å². The smallest absolute Gasteiger partial charge is 0.412 e. The Bertz CT molecular complexity index is 1740. The van der Waals surface area contributed by atoms with Crippen molar-refractivity contribution in [1.82, 2.24) is 16.0 Å². The van der Waals surface area contributed by atoms with Gasteiger partial charge in [0.2, 0.25) is 0 Å². The van der Waals surface area contributed by atoms with E-state index in [9.17, 15) is 29.4 Å². The molecular formula is C50H73N3O8. The fraction of sp³-hybridized carbons (Fsp3) is 0.680. The summed E-state index contributed by atoms with van der Waals surface area (Å²) in [5.74, 6) is -0.436. The minimum absolute atomic E-state index is 0.0555. The van der Waals surface area contributed by atoms with Crippen LogP contribution in [-0.2, 0) is 38.1 Å². The molecule has 0 bridgehead atoms. The molecule has 0 heterocycles. The Morgan fingerprint density at radius 1 is 0.590 bits per heavy atom. The molecule has 2 saturated carbocycles.